The third kappa shape index (κ3) is 65.5. The second-order valence-corrected chi connectivity index (χ2v) is 36.9. The highest BCUT2D eigenvalue weighted by atomic mass is 16.6. The van der Waals surface area contributed by atoms with Gasteiger partial charge in [0.15, 0.2) is 11.6 Å². The van der Waals surface area contributed by atoms with Gasteiger partial charge < -0.3 is 87.6 Å². The van der Waals surface area contributed by atoms with Crippen LogP contribution < -0.4 is 30.0 Å². The Morgan fingerprint density at radius 2 is 0.773 bits per heavy atom. The quantitative estimate of drug-likeness (QED) is 0.00796. The average Bonchev–Trinajstić information content (AvgIpc) is 0.855. The number of hydrogen-bond acceptors (Lipinski definition) is 29. The molecule has 1 amide bonds. The molecular weight excluding hydrogens is 1810 g/mol. The molecular formula is C111H172N2O28. The zero-order chi connectivity index (χ0) is 107. The largest absolute Gasteiger partial charge is 0.490 e. The smallest absolute Gasteiger partial charge is 0.407 e. The Labute approximate surface area is 841 Å². The number of ketones is 2. The van der Waals surface area contributed by atoms with Crippen LogP contribution in [0.2, 0.25) is 0 Å². The fourth-order valence-electron chi connectivity index (χ4n) is 12.8. The Morgan fingerprint density at radius 3 is 1.18 bits per heavy atom. The molecule has 0 aliphatic carbocycles. The predicted octanol–water partition coefficient (Wildman–Crippen LogP) is 20.8. The minimum atomic E-state index is -1.44. The molecule has 30 heteroatoms. The number of carbonyl (C=O) groups is 12. The minimum Gasteiger partial charge on any atom is -0.490 e. The van der Waals surface area contributed by atoms with Crippen LogP contribution in [0, 0.1) is 46.3 Å². The van der Waals surface area contributed by atoms with Gasteiger partial charge in [-0.25, -0.2) is 24.0 Å². The molecule has 794 valence electrons. The van der Waals surface area contributed by atoms with Crippen LogP contribution in [-0.2, 0) is 90.5 Å². The summed E-state index contributed by atoms with van der Waals surface area (Å²) in [5.41, 5.74) is 3.64. The van der Waals surface area contributed by atoms with Crippen molar-refractivity contribution in [1.29, 1.82) is 0 Å². The SMILES string of the molecule is C=C(C)C(=O)OCC(C)C.C=C(C)C(=O)OCC(CC)CCCC.C=C(C)C(=O)OCCOc1ccccc1.C=CC(=O)OCCNC(=O)OCCOc1ccc(C(=O)C(C)(C)O)cc1.CC(C)(O)C(=O)c1ccc(OCCOC=O)cc1.CCCCC(CC)COC(=O)C(CC)CCCCC(CCCCC(C)(CCCCC(C)(CC)C(=O)OCC(C)C)C(=O)OCCOc1ccccc1)C(=O)OCCN. The van der Waals surface area contributed by atoms with Gasteiger partial charge in [0.2, 0.25) is 0 Å². The zero-order valence-electron chi connectivity index (χ0n) is 88.3. The summed E-state index contributed by atoms with van der Waals surface area (Å²) in [6.45, 7) is 53.5. The lowest BCUT2D eigenvalue weighted by Gasteiger charge is -2.29. The van der Waals surface area contributed by atoms with Crippen molar-refractivity contribution < 1.29 is 134 Å². The van der Waals surface area contributed by atoms with Crippen molar-refractivity contribution in [2.45, 2.75) is 284 Å². The number of para-hydroxylation sites is 2. The second kappa shape index (κ2) is 78.4. The highest BCUT2D eigenvalue weighted by molar-refractivity contribution is 6.02. The van der Waals surface area contributed by atoms with E-state index in [0.29, 0.717) is 135 Å². The van der Waals surface area contributed by atoms with Crippen LogP contribution in [0.3, 0.4) is 0 Å². The van der Waals surface area contributed by atoms with Crippen LogP contribution in [0.25, 0.3) is 0 Å². The summed E-state index contributed by atoms with van der Waals surface area (Å²) >= 11 is 0. The number of benzene rings is 4. The Balaban J connectivity index is 0. The fraction of sp³-hybridized carbons (Fsp3) is 0.604. The lowest BCUT2D eigenvalue weighted by atomic mass is 9.77. The van der Waals surface area contributed by atoms with E-state index in [1.54, 1.807) is 69.3 Å². The molecule has 141 heavy (non-hydrogen) atoms. The molecule has 4 rings (SSSR count). The van der Waals surface area contributed by atoms with Crippen molar-refractivity contribution >= 4 is 71.9 Å². The third-order valence-corrected chi connectivity index (χ3v) is 21.9. The maximum absolute atomic E-state index is 13.7. The van der Waals surface area contributed by atoms with Crippen LogP contribution in [0.1, 0.15) is 294 Å². The molecule has 0 saturated carbocycles. The number of unbranched alkanes of at least 4 members (excludes halogenated alkanes) is 5. The number of hydrogen-bond donors (Lipinski definition) is 4. The normalized spacial score (nSPS) is 12.4. The third-order valence-electron chi connectivity index (χ3n) is 21.9. The average molecular weight is 1980 g/mol. The number of esters is 8. The van der Waals surface area contributed by atoms with Gasteiger partial charge in [-0.15, -0.1) is 0 Å². The fourth-order valence-corrected chi connectivity index (χ4v) is 12.8. The second-order valence-electron chi connectivity index (χ2n) is 36.9. The molecule has 4 aromatic rings. The van der Waals surface area contributed by atoms with Crippen LogP contribution >= 0.6 is 0 Å². The van der Waals surface area contributed by atoms with Crippen LogP contribution in [0.4, 0.5) is 4.79 Å². The van der Waals surface area contributed by atoms with E-state index >= 15 is 0 Å². The highest BCUT2D eigenvalue weighted by Gasteiger charge is 2.37. The predicted molar refractivity (Wildman–Crippen MR) is 547 cm³/mol. The lowest BCUT2D eigenvalue weighted by molar-refractivity contribution is -0.158. The maximum atomic E-state index is 13.7. The molecule has 0 fully saturated rings. The number of Topliss-reactive ketones (excluding diaryl/α,β-unsaturated/α-hetero) is 2. The van der Waals surface area contributed by atoms with Gasteiger partial charge >= 0.3 is 53.8 Å². The van der Waals surface area contributed by atoms with Crippen LogP contribution in [0.5, 0.6) is 23.0 Å². The summed E-state index contributed by atoms with van der Waals surface area (Å²) in [4.78, 5) is 141. The summed E-state index contributed by atoms with van der Waals surface area (Å²) in [6.07, 6.45) is 19.4. The number of ether oxygens (including phenoxy) is 14. The van der Waals surface area contributed by atoms with Crippen LogP contribution in [-0.4, -0.2) is 199 Å². The van der Waals surface area contributed by atoms with E-state index in [9.17, 15) is 67.7 Å². The van der Waals surface area contributed by atoms with Gasteiger partial charge in [0.05, 0.1) is 55.6 Å². The van der Waals surface area contributed by atoms with Crippen molar-refractivity contribution in [3.05, 3.63) is 169 Å². The van der Waals surface area contributed by atoms with Crippen molar-refractivity contribution in [1.82, 2.24) is 5.32 Å². The van der Waals surface area contributed by atoms with E-state index in [2.05, 4.69) is 68.8 Å². The maximum Gasteiger partial charge on any atom is 0.407 e. The number of rotatable bonds is 67. The first-order valence-electron chi connectivity index (χ1n) is 49.8. The minimum absolute atomic E-state index is 0.0165. The molecule has 0 aliphatic heterocycles. The number of aliphatic hydroxyl groups is 2. The molecule has 0 bridgehead atoms. The first kappa shape index (κ1) is 132. The van der Waals surface area contributed by atoms with Gasteiger partial charge in [-0.3, -0.25) is 33.6 Å². The molecule has 0 aliphatic rings. The Morgan fingerprint density at radius 1 is 0.397 bits per heavy atom. The molecule has 0 saturated heterocycles. The van der Waals surface area contributed by atoms with Gasteiger partial charge in [0, 0.05) is 40.5 Å². The Hall–Kier alpha value is -11.2. The highest BCUT2D eigenvalue weighted by Crippen LogP contribution is 2.37. The molecule has 6 unspecified atom stereocenters. The molecule has 4 aromatic carbocycles. The Kier molecular flexibility index (Phi) is 73.3. The molecule has 6 atom stereocenters. The van der Waals surface area contributed by atoms with Crippen molar-refractivity contribution in [2.24, 2.45) is 52.1 Å². The van der Waals surface area contributed by atoms with E-state index in [0.717, 1.165) is 107 Å². The van der Waals surface area contributed by atoms with E-state index in [-0.39, 0.29) is 144 Å². The number of alkyl carbamates (subject to hydrolysis) is 1. The standard InChI is InChI=1S/C48H83NO9.C18H23NO7.C13H16O5.C12H14O3.C12H22O2.C8H14O2/c1-9-13-23-39(10-2)37-57-43(50)40(11-3)24-17-18-25-41(44(51)55-33-32-49)26-19-20-30-48(8,46(53)56-35-34-54-42-27-15-14-16-28-42)31-22-21-29-47(7,12-4)45(52)58-36-38(5)6;1-4-15(20)25-10-9-19-17(22)26-12-11-24-14-7-5-13(6-8-14)16(21)18(2,3)23;1-13(2,16)12(15)10-3-5-11(6-4-10)18-8-7-17-9-14;1-10(2)12(13)15-9-8-14-11-6-4-3-5-7-11;1-5-7-8-11(6-2)9-14-12(13)10(3)4;1-6(2)5-10-8(9)7(3)4/h14-16,27-28,38-41H,9-13,17-26,29-37,49H2,1-8H3;4-8,23H,1,9-12H2,2-3H3,(H,19,22);3-6,9,16H,7-8H2,1-2H3;3-7H,1,8-9H2,2H3;11H,3,5-9H2,1-2,4H3;6H,3,5H2,1-2,4H3. The van der Waals surface area contributed by atoms with Gasteiger partial charge in [0.25, 0.3) is 6.47 Å². The first-order valence-corrected chi connectivity index (χ1v) is 49.8. The van der Waals surface area contributed by atoms with Gasteiger partial charge in [-0.05, 0) is 223 Å². The summed E-state index contributed by atoms with van der Waals surface area (Å²) in [6, 6.07) is 31.5. The van der Waals surface area contributed by atoms with E-state index in [1.165, 1.54) is 40.5 Å². The summed E-state index contributed by atoms with van der Waals surface area (Å²) in [7, 11) is 0. The van der Waals surface area contributed by atoms with E-state index in [1.807, 2.05) is 116 Å². The number of nitrogens with one attached hydrogen (secondary N) is 1. The summed E-state index contributed by atoms with van der Waals surface area (Å²) < 4.78 is 73.2. The number of amides is 1. The van der Waals surface area contributed by atoms with Crippen molar-refractivity contribution in [3.8, 4) is 23.0 Å². The number of carbonyl (C=O) groups excluding carboxylic acids is 12. The van der Waals surface area contributed by atoms with Crippen LogP contribution in [0.15, 0.2) is 158 Å². The van der Waals surface area contributed by atoms with Crippen molar-refractivity contribution in [3.63, 3.8) is 0 Å². The molecule has 30 nitrogen and oxygen atoms in total. The first-order chi connectivity index (χ1) is 66.8. The topological polar surface area (TPSA) is 413 Å². The summed E-state index contributed by atoms with van der Waals surface area (Å²) in [5.74, 6) is 0.729. The molecule has 5 N–H and O–H groups in total. The van der Waals surface area contributed by atoms with Gasteiger partial charge in [-0.1, -0.05) is 209 Å². The summed E-state index contributed by atoms with van der Waals surface area (Å²) in [5, 5.41) is 21.7. The van der Waals surface area contributed by atoms with Crippen molar-refractivity contribution in [2.75, 3.05) is 106 Å². The van der Waals surface area contributed by atoms with Gasteiger partial charge in [-0.2, -0.15) is 0 Å². The molecule has 0 aromatic heterocycles. The Bertz CT molecular complexity index is 4190. The lowest BCUT2D eigenvalue weighted by Crippen LogP contribution is -2.32. The van der Waals surface area contributed by atoms with Gasteiger partial charge in [0.1, 0.15) is 100 Å². The van der Waals surface area contributed by atoms with E-state index in [4.69, 9.17) is 62.6 Å². The molecule has 0 heterocycles. The molecule has 0 spiro atoms. The number of nitrogens with two attached hydrogens (primary N) is 1. The zero-order valence-corrected chi connectivity index (χ0v) is 88.3. The van der Waals surface area contributed by atoms with E-state index < -0.39 is 34.1 Å². The monoisotopic (exact) mass is 1980 g/mol. The molecule has 0 radical (unpaired) electrons.